The van der Waals surface area contributed by atoms with Gasteiger partial charge in [-0.25, -0.2) is 9.78 Å². The maximum atomic E-state index is 12.3. The number of aryl methyl sites for hydroxylation is 1. The molecule has 0 bridgehead atoms. The summed E-state index contributed by atoms with van der Waals surface area (Å²) in [6.45, 7) is 11.2. The third-order valence-electron chi connectivity index (χ3n) is 3.95. The Morgan fingerprint density at radius 3 is 2.96 bits per heavy atom. The van der Waals surface area contributed by atoms with Gasteiger partial charge in [0.25, 0.3) is 0 Å². The van der Waals surface area contributed by atoms with E-state index in [0.717, 1.165) is 45.4 Å². The molecule has 130 valence electrons. The summed E-state index contributed by atoms with van der Waals surface area (Å²) in [5.74, 6) is 0. The summed E-state index contributed by atoms with van der Waals surface area (Å²) >= 11 is 0. The number of carbonyl (C=O) groups is 1. The van der Waals surface area contributed by atoms with Crippen molar-refractivity contribution in [2.24, 2.45) is 0 Å². The number of imidazole rings is 1. The van der Waals surface area contributed by atoms with Crippen molar-refractivity contribution in [1.29, 1.82) is 0 Å². The molecule has 1 saturated heterocycles. The van der Waals surface area contributed by atoms with Crippen molar-refractivity contribution in [3.63, 3.8) is 0 Å². The molecule has 1 fully saturated rings. The highest BCUT2D eigenvalue weighted by molar-refractivity contribution is 5.69. The van der Waals surface area contributed by atoms with Crippen LogP contribution in [0.15, 0.2) is 12.5 Å². The van der Waals surface area contributed by atoms with Gasteiger partial charge in [-0.15, -0.1) is 0 Å². The van der Waals surface area contributed by atoms with E-state index in [1.807, 2.05) is 38.2 Å². The maximum absolute atomic E-state index is 12.3. The largest absolute Gasteiger partial charge is 0.444 e. The van der Waals surface area contributed by atoms with Gasteiger partial charge in [0.05, 0.1) is 12.0 Å². The Bertz CT molecular complexity index is 507. The molecule has 0 aliphatic carbocycles. The maximum Gasteiger partial charge on any atom is 0.410 e. The van der Waals surface area contributed by atoms with Crippen molar-refractivity contribution >= 4 is 6.09 Å². The Morgan fingerprint density at radius 2 is 2.26 bits per heavy atom. The number of rotatable bonds is 6. The van der Waals surface area contributed by atoms with Gasteiger partial charge < -0.3 is 19.5 Å². The van der Waals surface area contributed by atoms with Crippen molar-refractivity contribution in [2.45, 2.75) is 71.7 Å². The normalized spacial score (nSPS) is 18.4. The monoisotopic (exact) mass is 322 g/mol. The van der Waals surface area contributed by atoms with Gasteiger partial charge in [0, 0.05) is 38.4 Å². The van der Waals surface area contributed by atoms with E-state index in [2.05, 4.69) is 21.8 Å². The van der Waals surface area contributed by atoms with Crippen LogP contribution >= 0.6 is 0 Å². The smallest absolute Gasteiger partial charge is 0.410 e. The van der Waals surface area contributed by atoms with Crippen LogP contribution in [0.25, 0.3) is 0 Å². The molecule has 2 rings (SSSR count). The molecular weight excluding hydrogens is 292 g/mol. The lowest BCUT2D eigenvalue weighted by Crippen LogP contribution is -2.44. The molecule has 0 spiro atoms. The van der Waals surface area contributed by atoms with E-state index < -0.39 is 5.60 Å². The number of ether oxygens (including phenoxy) is 1. The van der Waals surface area contributed by atoms with Crippen molar-refractivity contribution < 1.29 is 9.53 Å². The molecule has 1 unspecified atom stereocenters. The third kappa shape index (κ3) is 5.23. The molecule has 6 heteroatoms. The lowest BCUT2D eigenvalue weighted by molar-refractivity contribution is 0.0226. The van der Waals surface area contributed by atoms with Gasteiger partial charge in [-0.05, 0) is 40.0 Å². The van der Waals surface area contributed by atoms with Crippen molar-refractivity contribution in [2.75, 3.05) is 13.1 Å². The lowest BCUT2D eigenvalue weighted by Gasteiger charge is -2.28. The van der Waals surface area contributed by atoms with Crippen LogP contribution in [-0.4, -0.2) is 45.3 Å². The number of amides is 1. The molecule has 0 saturated carbocycles. The lowest BCUT2D eigenvalue weighted by atomic mass is 10.2. The van der Waals surface area contributed by atoms with E-state index in [4.69, 9.17) is 4.74 Å². The van der Waals surface area contributed by atoms with Crippen molar-refractivity contribution in [3.8, 4) is 0 Å². The van der Waals surface area contributed by atoms with Crippen LogP contribution in [-0.2, 0) is 17.8 Å². The molecule has 1 atom stereocenters. The quantitative estimate of drug-likeness (QED) is 0.875. The summed E-state index contributed by atoms with van der Waals surface area (Å²) in [4.78, 5) is 18.3. The fourth-order valence-corrected chi connectivity index (χ4v) is 2.91. The molecule has 1 aliphatic rings. The van der Waals surface area contributed by atoms with E-state index in [1.165, 1.54) is 5.69 Å². The highest BCUT2D eigenvalue weighted by atomic mass is 16.6. The molecule has 1 aliphatic heterocycles. The predicted molar refractivity (Wildman–Crippen MR) is 90.2 cm³/mol. The number of aromatic nitrogens is 2. The van der Waals surface area contributed by atoms with E-state index in [0.29, 0.717) is 0 Å². The van der Waals surface area contributed by atoms with Crippen molar-refractivity contribution in [3.05, 3.63) is 18.2 Å². The number of hydrogen-bond donors (Lipinski definition) is 1. The van der Waals surface area contributed by atoms with E-state index in [1.54, 1.807) is 0 Å². The predicted octanol–water partition coefficient (Wildman–Crippen LogP) is 2.78. The van der Waals surface area contributed by atoms with Gasteiger partial charge in [-0.3, -0.25) is 0 Å². The average molecular weight is 322 g/mol. The first-order valence-electron chi connectivity index (χ1n) is 8.60. The Morgan fingerprint density at radius 1 is 1.48 bits per heavy atom. The van der Waals surface area contributed by atoms with Gasteiger partial charge >= 0.3 is 6.09 Å². The van der Waals surface area contributed by atoms with Gasteiger partial charge in [0.2, 0.25) is 0 Å². The molecule has 2 heterocycles. The highest BCUT2D eigenvalue weighted by Gasteiger charge is 2.31. The summed E-state index contributed by atoms with van der Waals surface area (Å²) in [6, 6.07) is 0.215. The minimum atomic E-state index is -0.440. The number of likely N-dealkylation sites (tertiary alicyclic amines) is 1. The van der Waals surface area contributed by atoms with Crippen LogP contribution in [0.4, 0.5) is 4.79 Å². The first-order chi connectivity index (χ1) is 10.9. The number of carbonyl (C=O) groups excluding carboxylic acids is 1. The fraction of sp³-hybridized carbons (Fsp3) is 0.765. The van der Waals surface area contributed by atoms with Crippen LogP contribution in [0.3, 0.4) is 0 Å². The number of nitrogens with zero attached hydrogens (tertiary/aromatic N) is 3. The second kappa shape index (κ2) is 7.81. The molecule has 1 N–H and O–H groups in total. The topological polar surface area (TPSA) is 59.4 Å². The van der Waals surface area contributed by atoms with Gasteiger partial charge in [0.15, 0.2) is 0 Å². The van der Waals surface area contributed by atoms with Gasteiger partial charge in [-0.1, -0.05) is 6.92 Å². The van der Waals surface area contributed by atoms with Gasteiger partial charge in [-0.2, -0.15) is 0 Å². The summed E-state index contributed by atoms with van der Waals surface area (Å²) in [5.41, 5.74) is 0.748. The molecule has 1 amide bonds. The molecule has 1 aromatic rings. The zero-order valence-electron chi connectivity index (χ0n) is 14.8. The first kappa shape index (κ1) is 17.8. The second-order valence-corrected chi connectivity index (χ2v) is 7.18. The molecule has 6 nitrogen and oxygen atoms in total. The standard InChI is InChI=1S/C17H30N4O2/c1-5-8-20-13-19-12-15(20)11-18-10-14-7-6-9-21(14)16(22)23-17(2,3)4/h12-14,18H,5-11H2,1-4H3. The first-order valence-corrected chi connectivity index (χ1v) is 8.60. The molecular formula is C17H30N4O2. The van der Waals surface area contributed by atoms with E-state index in [9.17, 15) is 4.79 Å². The summed E-state index contributed by atoms with van der Waals surface area (Å²) in [7, 11) is 0. The van der Waals surface area contributed by atoms with E-state index >= 15 is 0 Å². The van der Waals surface area contributed by atoms with Crippen LogP contribution in [0.1, 0.15) is 52.7 Å². The van der Waals surface area contributed by atoms with Crippen LogP contribution < -0.4 is 5.32 Å². The molecule has 0 aromatic carbocycles. The van der Waals surface area contributed by atoms with E-state index in [-0.39, 0.29) is 12.1 Å². The molecule has 23 heavy (non-hydrogen) atoms. The zero-order valence-corrected chi connectivity index (χ0v) is 14.8. The fourth-order valence-electron chi connectivity index (χ4n) is 2.91. The van der Waals surface area contributed by atoms with Crippen LogP contribution in [0.2, 0.25) is 0 Å². The minimum absolute atomic E-state index is 0.196. The highest BCUT2D eigenvalue weighted by Crippen LogP contribution is 2.20. The minimum Gasteiger partial charge on any atom is -0.444 e. The van der Waals surface area contributed by atoms with Crippen molar-refractivity contribution in [1.82, 2.24) is 19.8 Å². The summed E-state index contributed by atoms with van der Waals surface area (Å²) in [6.07, 6.45) is 6.75. The Balaban J connectivity index is 1.82. The average Bonchev–Trinajstić information content (AvgIpc) is 3.07. The van der Waals surface area contributed by atoms with Crippen LogP contribution in [0, 0.1) is 0 Å². The number of hydrogen-bond acceptors (Lipinski definition) is 4. The van der Waals surface area contributed by atoms with Crippen LogP contribution in [0.5, 0.6) is 0 Å². The van der Waals surface area contributed by atoms with Gasteiger partial charge in [0.1, 0.15) is 5.60 Å². The Hall–Kier alpha value is -1.56. The number of nitrogens with one attached hydrogen (secondary N) is 1. The summed E-state index contributed by atoms with van der Waals surface area (Å²) in [5, 5.41) is 3.47. The Kier molecular flexibility index (Phi) is 6.04. The molecule has 0 radical (unpaired) electrons. The zero-order chi connectivity index (χ0) is 16.9. The third-order valence-corrected chi connectivity index (χ3v) is 3.95. The Labute approximate surface area is 139 Å². The summed E-state index contributed by atoms with van der Waals surface area (Å²) < 4.78 is 7.67. The second-order valence-electron chi connectivity index (χ2n) is 7.18. The SMILES string of the molecule is CCCn1cncc1CNCC1CCCN1C(=O)OC(C)(C)C. The molecule has 1 aromatic heterocycles.